The lowest BCUT2D eigenvalue weighted by molar-refractivity contribution is -0.137. The summed E-state index contributed by atoms with van der Waals surface area (Å²) in [5.74, 6) is -0.708. The molecule has 7 nitrogen and oxygen atoms in total. The van der Waals surface area contributed by atoms with Crippen LogP contribution in [0.1, 0.15) is 43.1 Å². The minimum atomic E-state index is -0.777. The second-order valence-corrected chi connectivity index (χ2v) is 4.54. The van der Waals surface area contributed by atoms with Crippen molar-refractivity contribution in [3.63, 3.8) is 0 Å². The van der Waals surface area contributed by atoms with Gasteiger partial charge in [0.15, 0.2) is 11.5 Å². The largest absolute Gasteiger partial charge is 0.481 e. The van der Waals surface area contributed by atoms with Crippen molar-refractivity contribution in [3.8, 4) is 0 Å². The fourth-order valence-corrected chi connectivity index (χ4v) is 1.92. The smallest absolute Gasteiger partial charge is 0.303 e. The zero-order valence-corrected chi connectivity index (χ0v) is 11.5. The van der Waals surface area contributed by atoms with Gasteiger partial charge in [-0.05, 0) is 18.8 Å². The Hall–Kier alpha value is -2.18. The maximum atomic E-state index is 11.2. The summed E-state index contributed by atoms with van der Waals surface area (Å²) in [6.07, 6.45) is 5.44. The van der Waals surface area contributed by atoms with Crippen molar-refractivity contribution in [2.45, 2.75) is 32.6 Å². The number of aromatic nitrogens is 2. The lowest BCUT2D eigenvalue weighted by Crippen LogP contribution is -2.18. The summed E-state index contributed by atoms with van der Waals surface area (Å²) in [5.41, 5.74) is 5.32. The second-order valence-electron chi connectivity index (χ2n) is 4.54. The highest BCUT2D eigenvalue weighted by atomic mass is 16.4. The van der Waals surface area contributed by atoms with Crippen molar-refractivity contribution >= 4 is 17.7 Å². The molecule has 4 N–H and O–H groups in total. The van der Waals surface area contributed by atoms with E-state index in [1.807, 2.05) is 6.92 Å². The summed E-state index contributed by atoms with van der Waals surface area (Å²) in [4.78, 5) is 29.6. The Morgan fingerprint density at radius 1 is 1.35 bits per heavy atom. The summed E-state index contributed by atoms with van der Waals surface area (Å²) in [5, 5.41) is 11.7. The molecule has 0 aliphatic carbocycles. The van der Waals surface area contributed by atoms with Crippen LogP contribution in [0, 0.1) is 5.92 Å². The van der Waals surface area contributed by atoms with Gasteiger partial charge in [-0.2, -0.15) is 0 Å². The Labute approximate surface area is 117 Å². The van der Waals surface area contributed by atoms with Gasteiger partial charge < -0.3 is 16.2 Å². The second kappa shape index (κ2) is 8.08. The predicted molar refractivity (Wildman–Crippen MR) is 74.3 cm³/mol. The first-order valence-electron chi connectivity index (χ1n) is 6.61. The van der Waals surface area contributed by atoms with Crippen LogP contribution in [0.25, 0.3) is 0 Å². The van der Waals surface area contributed by atoms with E-state index in [-0.39, 0.29) is 12.1 Å². The third kappa shape index (κ3) is 5.21. The molecular weight excluding hydrogens is 260 g/mol. The van der Waals surface area contributed by atoms with Crippen LogP contribution in [0.3, 0.4) is 0 Å². The van der Waals surface area contributed by atoms with Crippen molar-refractivity contribution in [2.24, 2.45) is 11.7 Å². The molecule has 1 rings (SSSR count). The Kier molecular flexibility index (Phi) is 6.42. The van der Waals surface area contributed by atoms with Crippen LogP contribution in [0.15, 0.2) is 12.4 Å². The average molecular weight is 280 g/mol. The van der Waals surface area contributed by atoms with E-state index in [2.05, 4.69) is 15.3 Å². The molecule has 0 radical (unpaired) electrons. The predicted octanol–water partition coefficient (Wildman–Crippen LogP) is 1.27. The fraction of sp³-hybridized carbons (Fsp3) is 0.538. The molecule has 110 valence electrons. The molecule has 0 saturated carbocycles. The molecule has 0 aromatic carbocycles. The van der Waals surface area contributed by atoms with Crippen molar-refractivity contribution in [2.75, 3.05) is 11.9 Å². The third-order valence-electron chi connectivity index (χ3n) is 3.12. The van der Waals surface area contributed by atoms with Gasteiger partial charge in [-0.15, -0.1) is 0 Å². The van der Waals surface area contributed by atoms with Crippen LogP contribution in [0.4, 0.5) is 5.82 Å². The average Bonchev–Trinajstić information content (AvgIpc) is 2.42. The van der Waals surface area contributed by atoms with Gasteiger partial charge in [0.2, 0.25) is 0 Å². The zero-order valence-electron chi connectivity index (χ0n) is 11.5. The van der Waals surface area contributed by atoms with Crippen LogP contribution >= 0.6 is 0 Å². The van der Waals surface area contributed by atoms with Crippen LogP contribution < -0.4 is 11.1 Å². The number of carboxylic acid groups (broad SMARTS) is 1. The maximum Gasteiger partial charge on any atom is 0.303 e. The Morgan fingerprint density at radius 2 is 2.05 bits per heavy atom. The van der Waals surface area contributed by atoms with Crippen LogP contribution in [-0.2, 0) is 4.79 Å². The minimum Gasteiger partial charge on any atom is -0.481 e. The van der Waals surface area contributed by atoms with E-state index < -0.39 is 11.9 Å². The third-order valence-corrected chi connectivity index (χ3v) is 3.12. The lowest BCUT2D eigenvalue weighted by atomic mass is 9.97. The molecule has 0 saturated heterocycles. The van der Waals surface area contributed by atoms with E-state index in [1.165, 1.54) is 12.4 Å². The number of nitrogens with one attached hydrogen (secondary N) is 1. The van der Waals surface area contributed by atoms with Gasteiger partial charge in [-0.1, -0.05) is 13.3 Å². The van der Waals surface area contributed by atoms with Gasteiger partial charge in [0.25, 0.3) is 5.91 Å². The summed E-state index contributed by atoms with van der Waals surface area (Å²) in [6.45, 7) is 2.63. The molecule has 1 heterocycles. The highest BCUT2D eigenvalue weighted by molar-refractivity contribution is 5.95. The lowest BCUT2D eigenvalue weighted by Gasteiger charge is -2.14. The van der Waals surface area contributed by atoms with Crippen LogP contribution in [0.5, 0.6) is 0 Å². The number of carbonyl (C=O) groups excluding carboxylic acids is 1. The molecular formula is C13H20N4O3. The molecule has 1 atom stereocenters. The van der Waals surface area contributed by atoms with Gasteiger partial charge in [0.05, 0.1) is 0 Å². The van der Waals surface area contributed by atoms with Gasteiger partial charge in [-0.25, -0.2) is 9.97 Å². The van der Waals surface area contributed by atoms with Crippen molar-refractivity contribution in [1.82, 2.24) is 9.97 Å². The number of anilines is 1. The van der Waals surface area contributed by atoms with Gasteiger partial charge in [-0.3, -0.25) is 9.59 Å². The number of amides is 1. The monoisotopic (exact) mass is 280 g/mol. The summed E-state index contributed by atoms with van der Waals surface area (Å²) in [7, 11) is 0. The number of nitrogens with two attached hydrogens (primary N) is 1. The van der Waals surface area contributed by atoms with Gasteiger partial charge >= 0.3 is 5.97 Å². The Bertz CT molecular complexity index is 465. The van der Waals surface area contributed by atoms with Crippen LogP contribution in [0.2, 0.25) is 0 Å². The Balaban J connectivity index is 2.47. The maximum absolute atomic E-state index is 11.2. The van der Waals surface area contributed by atoms with Crippen molar-refractivity contribution in [1.29, 1.82) is 0 Å². The molecule has 1 unspecified atom stereocenters. The number of nitrogens with zero attached hydrogens (tertiary/aromatic N) is 2. The molecule has 20 heavy (non-hydrogen) atoms. The topological polar surface area (TPSA) is 118 Å². The highest BCUT2D eigenvalue weighted by Crippen LogP contribution is 2.16. The first-order valence-corrected chi connectivity index (χ1v) is 6.61. The minimum absolute atomic E-state index is 0.117. The van der Waals surface area contributed by atoms with Crippen molar-refractivity contribution < 1.29 is 14.7 Å². The van der Waals surface area contributed by atoms with E-state index in [9.17, 15) is 9.59 Å². The number of carboxylic acids is 1. The SMILES string of the molecule is CCC(CCNc1nccnc1C(N)=O)CCC(=O)O. The van der Waals surface area contributed by atoms with E-state index in [0.717, 1.165) is 12.8 Å². The number of aliphatic carboxylic acids is 1. The summed E-state index contributed by atoms with van der Waals surface area (Å²) >= 11 is 0. The van der Waals surface area contributed by atoms with E-state index in [1.54, 1.807) is 0 Å². The van der Waals surface area contributed by atoms with Gasteiger partial charge in [0, 0.05) is 25.4 Å². The molecule has 0 spiro atoms. The molecule has 0 aliphatic rings. The standard InChI is InChI=1S/C13H20N4O3/c1-2-9(3-4-10(18)19)5-6-16-13-11(12(14)20)15-7-8-17-13/h7-9H,2-6H2,1H3,(H2,14,20)(H,16,17)(H,18,19). The molecule has 0 fully saturated rings. The van der Waals surface area contributed by atoms with E-state index >= 15 is 0 Å². The first-order chi connectivity index (χ1) is 9.54. The number of primary amides is 1. The number of rotatable bonds is 9. The summed E-state index contributed by atoms with van der Waals surface area (Å²) in [6, 6.07) is 0. The normalized spacial score (nSPS) is 11.8. The molecule has 7 heteroatoms. The molecule has 1 aromatic rings. The number of carbonyl (C=O) groups is 2. The summed E-state index contributed by atoms with van der Waals surface area (Å²) < 4.78 is 0. The van der Waals surface area contributed by atoms with Crippen LogP contribution in [-0.4, -0.2) is 33.5 Å². The number of hydrogen-bond acceptors (Lipinski definition) is 5. The molecule has 0 bridgehead atoms. The van der Waals surface area contributed by atoms with E-state index in [4.69, 9.17) is 10.8 Å². The fourth-order valence-electron chi connectivity index (χ4n) is 1.92. The van der Waals surface area contributed by atoms with Crippen molar-refractivity contribution in [3.05, 3.63) is 18.1 Å². The van der Waals surface area contributed by atoms with E-state index in [0.29, 0.717) is 24.7 Å². The Morgan fingerprint density at radius 3 is 2.65 bits per heavy atom. The molecule has 1 aromatic heterocycles. The molecule has 1 amide bonds. The first kappa shape index (κ1) is 15.9. The number of hydrogen-bond donors (Lipinski definition) is 3. The zero-order chi connectivity index (χ0) is 15.0. The van der Waals surface area contributed by atoms with Gasteiger partial charge in [0.1, 0.15) is 0 Å². The quantitative estimate of drug-likeness (QED) is 0.626. The highest BCUT2D eigenvalue weighted by Gasteiger charge is 2.12. The molecule has 0 aliphatic heterocycles.